The first-order valence-corrected chi connectivity index (χ1v) is 7.64. The second-order valence-corrected chi connectivity index (χ2v) is 5.54. The molecule has 0 aliphatic carbocycles. The summed E-state index contributed by atoms with van der Waals surface area (Å²) in [4.78, 5) is 12.2. The lowest BCUT2D eigenvalue weighted by Crippen LogP contribution is -2.23. The minimum absolute atomic E-state index is 0.130. The van der Waals surface area contributed by atoms with Crippen LogP contribution in [-0.4, -0.2) is 19.8 Å². The summed E-state index contributed by atoms with van der Waals surface area (Å²) in [5.74, 6) is 0.0688. The Labute approximate surface area is 143 Å². The molecule has 1 aromatic heterocycles. The van der Waals surface area contributed by atoms with Crippen molar-refractivity contribution >= 4 is 6.08 Å². The molecule has 3 aromatic rings. The fraction of sp³-hybridized carbons (Fsp3) is 0.167. The van der Waals surface area contributed by atoms with Gasteiger partial charge in [0.15, 0.2) is 0 Å². The summed E-state index contributed by atoms with van der Waals surface area (Å²) in [5, 5.41) is 7.61. The fourth-order valence-electron chi connectivity index (χ4n) is 2.48. The topological polar surface area (TPSA) is 61.9 Å². The molecule has 6 nitrogen and oxygen atoms in total. The lowest BCUT2D eigenvalue weighted by atomic mass is 10.1. The Hall–Kier alpha value is -3.22. The Kier molecular flexibility index (Phi) is 4.47. The average Bonchev–Trinajstić information content (AvgIpc) is 2.94. The van der Waals surface area contributed by atoms with E-state index in [0.29, 0.717) is 17.0 Å². The molecule has 0 saturated carbocycles. The van der Waals surface area contributed by atoms with Gasteiger partial charge in [0.2, 0.25) is 0 Å². The van der Waals surface area contributed by atoms with Gasteiger partial charge in [-0.15, -0.1) is 0 Å². The first-order valence-electron chi connectivity index (χ1n) is 7.64. The molecule has 0 saturated heterocycles. The Morgan fingerprint density at radius 2 is 2.08 bits per heavy atom. The van der Waals surface area contributed by atoms with Crippen LogP contribution in [0.4, 0.5) is 4.39 Å². The van der Waals surface area contributed by atoms with E-state index in [4.69, 9.17) is 4.74 Å². The van der Waals surface area contributed by atoms with Gasteiger partial charge in [-0.1, -0.05) is 30.9 Å². The number of halogens is 1. The van der Waals surface area contributed by atoms with E-state index in [0.717, 1.165) is 15.8 Å². The Balaban J connectivity index is 2.03. The van der Waals surface area contributed by atoms with Crippen LogP contribution in [0.25, 0.3) is 11.8 Å². The number of rotatable bonds is 5. The molecule has 0 N–H and O–H groups in total. The third-order valence-corrected chi connectivity index (χ3v) is 3.88. The third-order valence-electron chi connectivity index (χ3n) is 3.88. The smallest absolute Gasteiger partial charge is 0.368 e. The number of hydrogen-bond acceptors (Lipinski definition) is 4. The van der Waals surface area contributed by atoms with Crippen molar-refractivity contribution in [2.24, 2.45) is 7.05 Å². The molecule has 0 radical (unpaired) electrons. The first-order chi connectivity index (χ1) is 12.0. The lowest BCUT2D eigenvalue weighted by Gasteiger charge is -2.14. The maximum atomic E-state index is 13.5. The number of hydrogen-bond donors (Lipinski definition) is 0. The van der Waals surface area contributed by atoms with Crippen molar-refractivity contribution in [2.45, 2.75) is 13.5 Å². The second kappa shape index (κ2) is 6.72. The van der Waals surface area contributed by atoms with E-state index in [1.54, 1.807) is 24.3 Å². The molecular formula is C18H17FN4O2. The van der Waals surface area contributed by atoms with Gasteiger partial charge in [0, 0.05) is 18.7 Å². The summed E-state index contributed by atoms with van der Waals surface area (Å²) in [5.41, 5.74) is 2.50. The van der Waals surface area contributed by atoms with E-state index in [9.17, 15) is 9.18 Å². The van der Waals surface area contributed by atoms with Crippen molar-refractivity contribution in [3.05, 3.63) is 76.0 Å². The molecule has 0 atom stereocenters. The summed E-state index contributed by atoms with van der Waals surface area (Å²) < 4.78 is 21.6. The van der Waals surface area contributed by atoms with E-state index >= 15 is 0 Å². The van der Waals surface area contributed by atoms with Gasteiger partial charge < -0.3 is 4.74 Å². The molecule has 0 bridgehead atoms. The molecule has 25 heavy (non-hydrogen) atoms. The Morgan fingerprint density at radius 3 is 2.76 bits per heavy atom. The number of tetrazole rings is 1. The second-order valence-electron chi connectivity index (χ2n) is 5.54. The highest BCUT2D eigenvalue weighted by molar-refractivity contribution is 5.58. The Morgan fingerprint density at radius 1 is 1.28 bits per heavy atom. The van der Waals surface area contributed by atoms with Gasteiger partial charge in [-0.2, -0.15) is 9.36 Å². The molecule has 0 amide bonds. The normalized spacial score (nSPS) is 10.7. The van der Waals surface area contributed by atoms with Gasteiger partial charge in [-0.3, -0.25) is 0 Å². The molecule has 128 valence electrons. The molecule has 0 spiro atoms. The minimum atomic E-state index is -0.372. The molecule has 1 heterocycles. The summed E-state index contributed by atoms with van der Waals surface area (Å²) in [6, 6.07) is 9.77. The van der Waals surface area contributed by atoms with Crippen LogP contribution in [0.3, 0.4) is 0 Å². The fourth-order valence-corrected chi connectivity index (χ4v) is 2.48. The number of aryl methyl sites for hydroxylation is 2. The predicted octanol–water partition coefficient (Wildman–Crippen LogP) is 2.64. The lowest BCUT2D eigenvalue weighted by molar-refractivity contribution is 0.301. The van der Waals surface area contributed by atoms with Gasteiger partial charge in [0.05, 0.1) is 5.69 Å². The largest absolute Gasteiger partial charge is 0.488 e. The van der Waals surface area contributed by atoms with Crippen molar-refractivity contribution in [2.75, 3.05) is 0 Å². The van der Waals surface area contributed by atoms with Crippen LogP contribution in [0.5, 0.6) is 5.75 Å². The zero-order valence-corrected chi connectivity index (χ0v) is 13.9. The maximum Gasteiger partial charge on any atom is 0.368 e. The van der Waals surface area contributed by atoms with Gasteiger partial charge in [0.1, 0.15) is 18.2 Å². The Bertz CT molecular complexity index is 991. The van der Waals surface area contributed by atoms with Crippen molar-refractivity contribution in [3.63, 3.8) is 0 Å². The maximum absolute atomic E-state index is 13.5. The molecule has 0 aliphatic rings. The van der Waals surface area contributed by atoms with Gasteiger partial charge in [0.25, 0.3) is 0 Å². The standard InChI is InChI=1S/C18H17FN4O2/c1-4-13-6-5-7-16(23-18(24)22(3)20-21-23)15(13)11-25-17-10-14(19)9-8-12(17)2/h4-10H,1,11H2,2-3H3. The minimum Gasteiger partial charge on any atom is -0.488 e. The summed E-state index contributed by atoms with van der Waals surface area (Å²) >= 11 is 0. The molecular weight excluding hydrogens is 323 g/mol. The monoisotopic (exact) mass is 340 g/mol. The highest BCUT2D eigenvalue weighted by Crippen LogP contribution is 2.24. The summed E-state index contributed by atoms with van der Waals surface area (Å²) in [6.45, 7) is 5.76. The van der Waals surface area contributed by atoms with E-state index in [1.165, 1.54) is 23.9 Å². The van der Waals surface area contributed by atoms with E-state index in [1.807, 2.05) is 13.0 Å². The van der Waals surface area contributed by atoms with Crippen LogP contribution in [0.2, 0.25) is 0 Å². The van der Waals surface area contributed by atoms with Crippen molar-refractivity contribution in [3.8, 4) is 11.4 Å². The SMILES string of the molecule is C=Cc1cccc(-n2nnn(C)c2=O)c1COc1cc(F)ccc1C. The summed E-state index contributed by atoms with van der Waals surface area (Å²) in [6.07, 6.45) is 1.67. The van der Waals surface area contributed by atoms with Crippen LogP contribution in [-0.2, 0) is 13.7 Å². The van der Waals surface area contributed by atoms with Crippen LogP contribution in [0.15, 0.2) is 47.8 Å². The van der Waals surface area contributed by atoms with Crippen LogP contribution < -0.4 is 10.4 Å². The first kappa shape index (κ1) is 16.6. The molecule has 0 fully saturated rings. The predicted molar refractivity (Wildman–Crippen MR) is 92.2 cm³/mol. The van der Waals surface area contributed by atoms with Crippen LogP contribution >= 0.6 is 0 Å². The molecule has 7 heteroatoms. The van der Waals surface area contributed by atoms with Gasteiger partial charge >= 0.3 is 5.69 Å². The zero-order chi connectivity index (χ0) is 18.0. The van der Waals surface area contributed by atoms with E-state index in [-0.39, 0.29) is 18.1 Å². The highest BCUT2D eigenvalue weighted by Gasteiger charge is 2.14. The number of aromatic nitrogens is 4. The highest BCUT2D eigenvalue weighted by atomic mass is 19.1. The van der Waals surface area contributed by atoms with Crippen molar-refractivity contribution in [1.82, 2.24) is 19.8 Å². The molecule has 2 aromatic carbocycles. The molecule has 0 unspecified atom stereocenters. The van der Waals surface area contributed by atoms with Crippen LogP contribution in [0, 0.1) is 12.7 Å². The van der Waals surface area contributed by atoms with E-state index < -0.39 is 0 Å². The number of ether oxygens (including phenoxy) is 1. The average molecular weight is 340 g/mol. The third kappa shape index (κ3) is 3.21. The van der Waals surface area contributed by atoms with Crippen LogP contribution in [0.1, 0.15) is 16.7 Å². The van der Waals surface area contributed by atoms with Gasteiger partial charge in [-0.25, -0.2) is 9.18 Å². The summed E-state index contributed by atoms with van der Waals surface area (Å²) in [7, 11) is 1.52. The number of nitrogens with zero attached hydrogens (tertiary/aromatic N) is 4. The van der Waals surface area contributed by atoms with Crippen molar-refractivity contribution in [1.29, 1.82) is 0 Å². The quantitative estimate of drug-likeness (QED) is 0.716. The zero-order valence-electron chi connectivity index (χ0n) is 13.9. The van der Waals surface area contributed by atoms with Crippen molar-refractivity contribution < 1.29 is 9.13 Å². The van der Waals surface area contributed by atoms with E-state index in [2.05, 4.69) is 17.0 Å². The molecule has 3 rings (SSSR count). The number of benzene rings is 2. The van der Waals surface area contributed by atoms with Gasteiger partial charge in [-0.05, 0) is 40.6 Å². The molecule has 0 aliphatic heterocycles.